The summed E-state index contributed by atoms with van der Waals surface area (Å²) in [4.78, 5) is 0. The Hall–Kier alpha value is -2.19. The molecule has 0 aliphatic heterocycles. The van der Waals surface area contributed by atoms with Crippen LogP contribution in [0.2, 0.25) is 5.02 Å². The van der Waals surface area contributed by atoms with E-state index in [4.69, 9.17) is 16.9 Å². The second-order valence-electron chi connectivity index (χ2n) is 3.83. The van der Waals surface area contributed by atoms with Gasteiger partial charge < -0.3 is 4.74 Å². The standard InChI is InChI=1S/C14H7ClF3NO/c15-12-4-3-10(16)6-11(12)8-1-2-9(7-19)13(5-8)20-14(17)18/h1-6,14H. The topological polar surface area (TPSA) is 33.0 Å². The molecular formula is C14H7ClF3NO. The Kier molecular flexibility index (Phi) is 4.16. The van der Waals surface area contributed by atoms with Gasteiger partial charge in [-0.05, 0) is 35.9 Å². The number of benzene rings is 2. The molecular weight excluding hydrogens is 291 g/mol. The summed E-state index contributed by atoms with van der Waals surface area (Å²) in [5, 5.41) is 9.09. The SMILES string of the molecule is N#Cc1ccc(-c2cc(F)ccc2Cl)cc1OC(F)F. The van der Waals surface area contributed by atoms with Gasteiger partial charge in [-0.3, -0.25) is 0 Å². The summed E-state index contributed by atoms with van der Waals surface area (Å²) in [5.74, 6) is -0.787. The Morgan fingerprint density at radius 3 is 2.55 bits per heavy atom. The summed E-state index contributed by atoms with van der Waals surface area (Å²) in [6.45, 7) is -3.06. The van der Waals surface area contributed by atoms with Crippen molar-refractivity contribution in [1.29, 1.82) is 5.26 Å². The zero-order valence-electron chi connectivity index (χ0n) is 9.91. The zero-order valence-corrected chi connectivity index (χ0v) is 10.7. The van der Waals surface area contributed by atoms with E-state index in [9.17, 15) is 13.2 Å². The Bertz CT molecular complexity index is 683. The minimum Gasteiger partial charge on any atom is -0.433 e. The maximum absolute atomic E-state index is 13.2. The summed E-state index contributed by atoms with van der Waals surface area (Å²) in [6, 6.07) is 9.49. The van der Waals surface area contributed by atoms with E-state index in [0.717, 1.165) is 0 Å². The minimum absolute atomic E-state index is 0.0402. The van der Waals surface area contributed by atoms with E-state index in [1.54, 1.807) is 6.07 Å². The van der Waals surface area contributed by atoms with Crippen LogP contribution in [0, 0.1) is 17.1 Å². The van der Waals surface area contributed by atoms with Crippen LogP contribution in [0.5, 0.6) is 5.75 Å². The molecule has 2 aromatic rings. The number of rotatable bonds is 3. The maximum Gasteiger partial charge on any atom is 0.387 e. The third-order valence-corrected chi connectivity index (χ3v) is 2.89. The summed E-state index contributed by atoms with van der Waals surface area (Å²) in [7, 11) is 0. The molecule has 0 fully saturated rings. The predicted molar refractivity (Wildman–Crippen MR) is 68.2 cm³/mol. The lowest BCUT2D eigenvalue weighted by atomic mass is 10.0. The number of nitrogens with zero attached hydrogens (tertiary/aromatic N) is 1. The van der Waals surface area contributed by atoms with E-state index >= 15 is 0 Å². The Labute approximate surface area is 118 Å². The van der Waals surface area contributed by atoms with Crippen LogP contribution in [0.1, 0.15) is 5.56 Å². The molecule has 6 heteroatoms. The molecule has 2 rings (SSSR count). The molecule has 0 bridgehead atoms. The van der Waals surface area contributed by atoms with Gasteiger partial charge in [0.1, 0.15) is 17.6 Å². The van der Waals surface area contributed by atoms with Crippen LogP contribution >= 0.6 is 11.6 Å². The van der Waals surface area contributed by atoms with Crippen molar-refractivity contribution in [3.63, 3.8) is 0 Å². The summed E-state index contributed by atoms with van der Waals surface area (Å²) in [5.41, 5.74) is 0.668. The maximum atomic E-state index is 13.2. The molecule has 2 aromatic carbocycles. The van der Waals surface area contributed by atoms with Crippen molar-refractivity contribution in [3.8, 4) is 22.9 Å². The number of alkyl halides is 2. The van der Waals surface area contributed by atoms with Crippen LogP contribution < -0.4 is 4.74 Å². The number of hydrogen-bond acceptors (Lipinski definition) is 2. The Morgan fingerprint density at radius 1 is 1.15 bits per heavy atom. The normalized spacial score (nSPS) is 10.4. The number of halogens is 4. The van der Waals surface area contributed by atoms with Gasteiger partial charge in [0.05, 0.1) is 5.56 Å². The molecule has 0 N–H and O–H groups in total. The molecule has 0 saturated carbocycles. The lowest BCUT2D eigenvalue weighted by Gasteiger charge is -2.10. The highest BCUT2D eigenvalue weighted by Crippen LogP contribution is 2.32. The average molecular weight is 298 g/mol. The first kappa shape index (κ1) is 14.2. The van der Waals surface area contributed by atoms with E-state index in [1.165, 1.54) is 36.4 Å². The highest BCUT2D eigenvalue weighted by Gasteiger charge is 2.13. The van der Waals surface area contributed by atoms with Gasteiger partial charge in [-0.1, -0.05) is 17.7 Å². The molecule has 0 heterocycles. The number of nitriles is 1. The lowest BCUT2D eigenvalue weighted by Crippen LogP contribution is -2.03. The van der Waals surface area contributed by atoms with Gasteiger partial charge in [-0.2, -0.15) is 14.0 Å². The summed E-state index contributed by atoms with van der Waals surface area (Å²) < 4.78 is 42.1. The quantitative estimate of drug-likeness (QED) is 0.828. The van der Waals surface area contributed by atoms with Gasteiger partial charge in [0.15, 0.2) is 0 Å². The molecule has 0 aliphatic carbocycles. The molecule has 102 valence electrons. The smallest absolute Gasteiger partial charge is 0.387 e. The first-order chi connectivity index (χ1) is 9.51. The van der Waals surface area contributed by atoms with Crippen LogP contribution in [0.15, 0.2) is 36.4 Å². The van der Waals surface area contributed by atoms with Crippen molar-refractivity contribution >= 4 is 11.6 Å². The second-order valence-corrected chi connectivity index (χ2v) is 4.23. The zero-order chi connectivity index (χ0) is 14.7. The van der Waals surface area contributed by atoms with Crippen LogP contribution in [-0.2, 0) is 0 Å². The highest BCUT2D eigenvalue weighted by molar-refractivity contribution is 6.33. The van der Waals surface area contributed by atoms with Gasteiger partial charge >= 0.3 is 6.61 Å². The molecule has 0 aliphatic rings. The monoisotopic (exact) mass is 297 g/mol. The third kappa shape index (κ3) is 3.03. The molecule has 0 atom stereocenters. The van der Waals surface area contributed by atoms with Gasteiger partial charge in [-0.25, -0.2) is 4.39 Å². The molecule has 0 radical (unpaired) electrons. The Balaban J connectivity index is 2.53. The largest absolute Gasteiger partial charge is 0.433 e. The minimum atomic E-state index is -3.06. The van der Waals surface area contributed by atoms with Gasteiger partial charge in [0, 0.05) is 10.6 Å². The van der Waals surface area contributed by atoms with Crippen molar-refractivity contribution in [1.82, 2.24) is 0 Å². The number of ether oxygens (including phenoxy) is 1. The molecule has 2 nitrogen and oxygen atoms in total. The van der Waals surface area contributed by atoms with Crippen LogP contribution in [0.25, 0.3) is 11.1 Å². The second kappa shape index (κ2) is 5.85. The fraction of sp³-hybridized carbons (Fsp3) is 0.0714. The summed E-state index contributed by atoms with van der Waals surface area (Å²) >= 11 is 5.94. The third-order valence-electron chi connectivity index (χ3n) is 2.56. The van der Waals surface area contributed by atoms with Crippen molar-refractivity contribution in [2.24, 2.45) is 0 Å². The van der Waals surface area contributed by atoms with E-state index in [2.05, 4.69) is 4.74 Å². The number of hydrogen-bond donors (Lipinski definition) is 0. The van der Waals surface area contributed by atoms with E-state index in [1.807, 2.05) is 0 Å². The molecule has 0 saturated heterocycles. The predicted octanol–water partition coefficient (Wildman–Crippen LogP) is 4.62. The molecule has 0 unspecified atom stereocenters. The fourth-order valence-electron chi connectivity index (χ4n) is 1.69. The first-order valence-corrected chi connectivity index (χ1v) is 5.83. The van der Waals surface area contributed by atoms with E-state index in [0.29, 0.717) is 11.1 Å². The van der Waals surface area contributed by atoms with E-state index < -0.39 is 12.4 Å². The first-order valence-electron chi connectivity index (χ1n) is 5.45. The van der Waals surface area contributed by atoms with Gasteiger partial charge in [0.2, 0.25) is 0 Å². The summed E-state index contributed by atoms with van der Waals surface area (Å²) in [6.07, 6.45) is 0. The highest BCUT2D eigenvalue weighted by atomic mass is 35.5. The van der Waals surface area contributed by atoms with Gasteiger partial charge in [0.25, 0.3) is 0 Å². The molecule has 0 aromatic heterocycles. The lowest BCUT2D eigenvalue weighted by molar-refractivity contribution is -0.0500. The Morgan fingerprint density at radius 2 is 1.90 bits per heavy atom. The van der Waals surface area contributed by atoms with Crippen molar-refractivity contribution < 1.29 is 17.9 Å². The average Bonchev–Trinajstić information content (AvgIpc) is 2.41. The van der Waals surface area contributed by atoms with Crippen molar-refractivity contribution in [2.45, 2.75) is 6.61 Å². The molecule has 0 amide bonds. The van der Waals surface area contributed by atoms with E-state index in [-0.39, 0.29) is 16.3 Å². The van der Waals surface area contributed by atoms with Gasteiger partial charge in [-0.15, -0.1) is 0 Å². The molecule has 20 heavy (non-hydrogen) atoms. The van der Waals surface area contributed by atoms with Crippen LogP contribution in [0.3, 0.4) is 0 Å². The van der Waals surface area contributed by atoms with Crippen LogP contribution in [-0.4, -0.2) is 6.61 Å². The molecule has 0 spiro atoms. The van der Waals surface area contributed by atoms with Crippen molar-refractivity contribution in [3.05, 3.63) is 52.8 Å². The van der Waals surface area contributed by atoms with Crippen LogP contribution in [0.4, 0.5) is 13.2 Å². The fourth-order valence-corrected chi connectivity index (χ4v) is 1.92. The van der Waals surface area contributed by atoms with Crippen molar-refractivity contribution in [2.75, 3.05) is 0 Å².